The Bertz CT molecular complexity index is 1090. The first-order valence-electron chi connectivity index (χ1n) is 13.5. The van der Waals surface area contributed by atoms with E-state index in [-0.39, 0.29) is 36.2 Å². The van der Waals surface area contributed by atoms with Crippen molar-refractivity contribution in [3.8, 4) is 0 Å². The summed E-state index contributed by atoms with van der Waals surface area (Å²) >= 11 is 0. The Hall–Kier alpha value is -1.67. The van der Waals surface area contributed by atoms with E-state index in [4.69, 9.17) is 0 Å². The zero-order valence-corrected chi connectivity index (χ0v) is 23.5. The van der Waals surface area contributed by atoms with Crippen molar-refractivity contribution in [2.24, 2.45) is 39.4 Å². The molecule has 4 aliphatic rings. The predicted octanol–water partition coefficient (Wildman–Crippen LogP) is 2.93. The molecule has 0 aromatic heterocycles. The number of aliphatic hydroxyl groups is 4. The second kappa shape index (κ2) is 8.17. The van der Waals surface area contributed by atoms with Crippen LogP contribution in [0.25, 0.3) is 0 Å². The van der Waals surface area contributed by atoms with E-state index >= 15 is 0 Å². The summed E-state index contributed by atoms with van der Waals surface area (Å²) in [4.78, 5) is 40.2. The molecule has 0 amide bonds. The highest BCUT2D eigenvalue weighted by atomic mass is 16.3. The lowest BCUT2D eigenvalue weighted by Crippen LogP contribution is -2.65. The SMILES string of the molecule is CC(C)(O)/C=C/C(=O)[C@@](C)(O)[C@H]1[C@@H](O)C[C@@]2(C)[C@@H]3CC=C4[C@@H](C[C@H](O)C(=O)C4(C)C)[C@@]3(C)C(=O)C[C@@]12C. The number of hydrogen-bond donors (Lipinski definition) is 4. The minimum atomic E-state index is -1.95. The maximum Gasteiger partial charge on any atom is 0.187 e. The number of carbonyl (C=O) groups is 3. The first-order chi connectivity index (χ1) is 16.7. The number of ketones is 3. The molecule has 0 aromatic carbocycles. The van der Waals surface area contributed by atoms with Crippen LogP contribution < -0.4 is 0 Å². The largest absolute Gasteiger partial charge is 0.393 e. The van der Waals surface area contributed by atoms with E-state index in [1.807, 2.05) is 27.7 Å². The van der Waals surface area contributed by atoms with E-state index in [1.54, 1.807) is 0 Å². The fraction of sp³-hybridized carbons (Fsp3) is 0.767. The van der Waals surface area contributed by atoms with Crippen molar-refractivity contribution in [2.45, 2.75) is 104 Å². The molecule has 9 atom stereocenters. The van der Waals surface area contributed by atoms with Crippen LogP contribution in [0, 0.1) is 39.4 Å². The summed E-state index contributed by atoms with van der Waals surface area (Å²) in [6.45, 7) is 14.0. The summed E-state index contributed by atoms with van der Waals surface area (Å²) in [5.41, 5.74) is -5.46. The highest BCUT2D eigenvalue weighted by Gasteiger charge is 2.74. The second-order valence-corrected chi connectivity index (χ2v) is 14.2. The van der Waals surface area contributed by atoms with Crippen LogP contribution in [-0.2, 0) is 14.4 Å². The average molecular weight is 517 g/mol. The number of rotatable bonds is 4. The Kier molecular flexibility index (Phi) is 6.26. The summed E-state index contributed by atoms with van der Waals surface area (Å²) in [6, 6.07) is 0. The number of hydrogen-bond acceptors (Lipinski definition) is 7. The number of carbonyl (C=O) groups excluding carboxylic acids is 3. The molecule has 0 spiro atoms. The first kappa shape index (κ1) is 28.3. The summed E-state index contributed by atoms with van der Waals surface area (Å²) in [5, 5.41) is 43.7. The molecule has 3 fully saturated rings. The summed E-state index contributed by atoms with van der Waals surface area (Å²) in [6.07, 6.45) is 3.54. The molecule has 4 aliphatic carbocycles. The van der Waals surface area contributed by atoms with Gasteiger partial charge >= 0.3 is 0 Å². The molecular formula is C30H44O7. The molecule has 0 bridgehead atoms. The Morgan fingerprint density at radius 2 is 1.62 bits per heavy atom. The molecule has 206 valence electrons. The van der Waals surface area contributed by atoms with Gasteiger partial charge in [-0.3, -0.25) is 14.4 Å². The van der Waals surface area contributed by atoms with Crippen molar-refractivity contribution in [3.63, 3.8) is 0 Å². The molecule has 0 unspecified atom stereocenters. The standard InChI is InChI=1S/C30H44O7/c1-25(2,36)12-11-21(33)30(8,37)23-19(32)14-27(5)20-10-9-16-17(13-18(31)24(35)26(16,3)4)29(20,7)22(34)15-28(23,27)6/h9,11-12,17-20,23,31-32,36-37H,10,13-15H2,1-8H3/b12-11+/t17-,18+,19+,20+,23+,27+,28+,29-,30-/m1/s1. The fourth-order valence-electron chi connectivity index (χ4n) is 9.00. The monoisotopic (exact) mass is 516 g/mol. The van der Waals surface area contributed by atoms with Crippen molar-refractivity contribution in [2.75, 3.05) is 0 Å². The van der Waals surface area contributed by atoms with E-state index in [2.05, 4.69) is 13.0 Å². The molecule has 7 heteroatoms. The first-order valence-corrected chi connectivity index (χ1v) is 13.5. The number of aliphatic hydroxyl groups excluding tert-OH is 2. The van der Waals surface area contributed by atoms with Gasteiger partial charge in [-0.05, 0) is 82.6 Å². The quantitative estimate of drug-likeness (QED) is 0.334. The normalized spacial score (nSPS) is 45.1. The molecule has 3 saturated carbocycles. The summed E-state index contributed by atoms with van der Waals surface area (Å²) < 4.78 is 0. The van der Waals surface area contributed by atoms with Crippen LogP contribution in [0.3, 0.4) is 0 Å². The van der Waals surface area contributed by atoms with Crippen LogP contribution in [0.1, 0.15) is 81.1 Å². The Labute approximate surface area is 220 Å². The maximum atomic E-state index is 14.2. The lowest BCUT2D eigenvalue weighted by Gasteiger charge is -2.64. The van der Waals surface area contributed by atoms with Gasteiger partial charge in [-0.1, -0.05) is 38.5 Å². The molecule has 0 aliphatic heterocycles. The van der Waals surface area contributed by atoms with Gasteiger partial charge in [0.25, 0.3) is 0 Å². The van der Waals surface area contributed by atoms with Gasteiger partial charge in [0.2, 0.25) is 0 Å². The highest BCUT2D eigenvalue weighted by molar-refractivity contribution is 5.98. The zero-order chi connectivity index (χ0) is 28.1. The smallest absolute Gasteiger partial charge is 0.187 e. The van der Waals surface area contributed by atoms with Gasteiger partial charge in [-0.2, -0.15) is 0 Å². The van der Waals surface area contributed by atoms with Crippen molar-refractivity contribution in [1.29, 1.82) is 0 Å². The third-order valence-electron chi connectivity index (χ3n) is 11.1. The van der Waals surface area contributed by atoms with Gasteiger partial charge < -0.3 is 20.4 Å². The van der Waals surface area contributed by atoms with E-state index in [9.17, 15) is 34.8 Å². The molecule has 0 radical (unpaired) electrons. The maximum absolute atomic E-state index is 14.2. The third kappa shape index (κ3) is 3.71. The van der Waals surface area contributed by atoms with Gasteiger partial charge in [0.1, 0.15) is 17.5 Å². The molecular weight excluding hydrogens is 472 g/mol. The fourth-order valence-corrected chi connectivity index (χ4v) is 9.00. The number of fused-ring (bicyclic) bond motifs is 5. The van der Waals surface area contributed by atoms with Crippen LogP contribution in [0.5, 0.6) is 0 Å². The molecule has 37 heavy (non-hydrogen) atoms. The van der Waals surface area contributed by atoms with Crippen LogP contribution >= 0.6 is 0 Å². The Morgan fingerprint density at radius 1 is 1.03 bits per heavy atom. The second-order valence-electron chi connectivity index (χ2n) is 14.2. The average Bonchev–Trinajstić information content (AvgIpc) is 2.96. The molecule has 0 aromatic rings. The Morgan fingerprint density at radius 3 is 2.19 bits per heavy atom. The van der Waals surface area contributed by atoms with Gasteiger partial charge in [0.15, 0.2) is 11.6 Å². The highest BCUT2D eigenvalue weighted by Crippen LogP contribution is 2.74. The molecule has 0 saturated heterocycles. The van der Waals surface area contributed by atoms with Gasteiger partial charge in [-0.25, -0.2) is 0 Å². The zero-order valence-electron chi connectivity index (χ0n) is 23.5. The van der Waals surface area contributed by atoms with Gasteiger partial charge in [0, 0.05) is 23.2 Å². The lowest BCUT2D eigenvalue weighted by atomic mass is 9.38. The van der Waals surface area contributed by atoms with Crippen LogP contribution in [0.15, 0.2) is 23.8 Å². The van der Waals surface area contributed by atoms with Crippen LogP contribution in [-0.4, -0.2) is 61.2 Å². The van der Waals surface area contributed by atoms with Crippen LogP contribution in [0.2, 0.25) is 0 Å². The third-order valence-corrected chi connectivity index (χ3v) is 11.1. The molecule has 4 N–H and O–H groups in total. The van der Waals surface area contributed by atoms with E-state index in [1.165, 1.54) is 32.9 Å². The molecule has 0 heterocycles. The van der Waals surface area contributed by atoms with Crippen molar-refractivity contribution in [1.82, 2.24) is 0 Å². The molecule has 4 rings (SSSR count). The summed E-state index contributed by atoms with van der Waals surface area (Å²) in [5.74, 6) is -2.24. The van der Waals surface area contributed by atoms with Crippen molar-refractivity contribution < 1.29 is 34.8 Å². The topological polar surface area (TPSA) is 132 Å². The minimum Gasteiger partial charge on any atom is -0.393 e. The number of Topliss-reactive ketones (excluding diaryl/α,β-unsaturated/α-hetero) is 2. The van der Waals surface area contributed by atoms with Gasteiger partial charge in [-0.15, -0.1) is 0 Å². The van der Waals surface area contributed by atoms with E-state index in [0.717, 1.165) is 5.57 Å². The van der Waals surface area contributed by atoms with Crippen molar-refractivity contribution in [3.05, 3.63) is 23.8 Å². The van der Waals surface area contributed by atoms with Gasteiger partial charge in [0.05, 0.1) is 11.7 Å². The minimum absolute atomic E-state index is 0.0141. The number of allylic oxidation sites excluding steroid dienone is 2. The van der Waals surface area contributed by atoms with E-state index in [0.29, 0.717) is 12.8 Å². The van der Waals surface area contributed by atoms with E-state index < -0.39 is 56.8 Å². The summed E-state index contributed by atoms with van der Waals surface area (Å²) in [7, 11) is 0. The Balaban J connectivity index is 1.80. The van der Waals surface area contributed by atoms with Crippen LogP contribution in [0.4, 0.5) is 0 Å². The van der Waals surface area contributed by atoms with Crippen molar-refractivity contribution >= 4 is 17.3 Å². The molecule has 7 nitrogen and oxygen atoms in total. The lowest BCUT2D eigenvalue weighted by molar-refractivity contribution is -0.183. The predicted molar refractivity (Wildman–Crippen MR) is 138 cm³/mol.